The van der Waals surface area contributed by atoms with Crippen LogP contribution in [0.2, 0.25) is 0 Å². The number of carbonyl (C=O) groups excluding carboxylic acids is 4. The smallest absolute Gasteiger partial charge is 0.462 e. The lowest BCUT2D eigenvalue weighted by atomic mass is 10.1. The number of phosphoric ester groups is 2. The molecule has 0 aliphatic heterocycles. The molecule has 0 heterocycles. The number of esters is 4. The first-order valence-electron chi connectivity index (χ1n) is 38.7. The molecule has 0 aliphatic rings. The molecule has 0 amide bonds. The lowest BCUT2D eigenvalue weighted by Crippen LogP contribution is -2.30. The van der Waals surface area contributed by atoms with Crippen molar-refractivity contribution in [2.45, 2.75) is 303 Å². The van der Waals surface area contributed by atoms with Crippen molar-refractivity contribution < 1.29 is 80.2 Å². The third kappa shape index (κ3) is 73.0. The van der Waals surface area contributed by atoms with Gasteiger partial charge < -0.3 is 33.8 Å². The normalized spacial score (nSPS) is 14.8. The predicted molar refractivity (Wildman–Crippen MR) is 417 cm³/mol. The second-order valence-corrected chi connectivity index (χ2v) is 28.1. The quantitative estimate of drug-likeness (QED) is 0.0169. The van der Waals surface area contributed by atoms with Crippen LogP contribution in [-0.2, 0) is 65.4 Å². The first-order chi connectivity index (χ1) is 49.7. The molecule has 0 bridgehead atoms. The van der Waals surface area contributed by atoms with E-state index < -0.39 is 97.5 Å². The van der Waals surface area contributed by atoms with E-state index in [0.717, 1.165) is 186 Å². The molecule has 0 spiro atoms. The van der Waals surface area contributed by atoms with Gasteiger partial charge in [0, 0.05) is 25.7 Å². The molecule has 19 heteroatoms. The average Bonchev–Trinajstić information content (AvgIpc) is 0.923. The standard InChI is InChI=1S/C83H136O17P2/c1-5-9-13-17-21-25-29-33-37-38-42-44-48-52-56-60-64-68-81(86)94-74-79(100-83(88)70-66-62-58-54-50-46-41-36-32-28-24-20-16-12-8-4)76-98-102(91,92)96-72-77(84)71-95-101(89,90)97-75-78(99-82(87)69-65-61-57-53-49-45-40-35-31-27-23-19-15-11-7-3)73-93-80(85)67-63-59-55-51-47-43-39-34-30-26-22-18-14-10-6-2/h9-11,13-15,21-28,33-37,39-42,44,47,51,77-79,84H,5-8,12,16-20,29-32,38,43,45-46,48-50,52-76H2,1-4H3,(H,89,90)(H,91,92)/b13-9-,14-10-,15-11-,25-21-,26-22-,27-23-,28-24-,37-33-,39-34-,40-35-,41-36-,44-42-,51-47-. The summed E-state index contributed by atoms with van der Waals surface area (Å²) in [6.45, 7) is 4.38. The Morgan fingerprint density at radius 1 is 0.284 bits per heavy atom. The molecule has 0 radical (unpaired) electrons. The maximum atomic E-state index is 13.1. The minimum atomic E-state index is -5.00. The highest BCUT2D eigenvalue weighted by Crippen LogP contribution is 2.45. The third-order valence-electron chi connectivity index (χ3n) is 15.5. The van der Waals surface area contributed by atoms with Gasteiger partial charge in [0.15, 0.2) is 12.2 Å². The van der Waals surface area contributed by atoms with Crippen LogP contribution in [0.15, 0.2) is 158 Å². The Kier molecular flexibility index (Phi) is 70.1. The van der Waals surface area contributed by atoms with Crippen LogP contribution in [0, 0.1) is 0 Å². The molecule has 0 aromatic carbocycles. The van der Waals surface area contributed by atoms with Gasteiger partial charge in [0.25, 0.3) is 0 Å². The minimum Gasteiger partial charge on any atom is -0.462 e. The van der Waals surface area contributed by atoms with Crippen molar-refractivity contribution in [1.82, 2.24) is 0 Å². The largest absolute Gasteiger partial charge is 0.472 e. The van der Waals surface area contributed by atoms with E-state index in [1.54, 1.807) is 0 Å². The molecule has 0 rings (SSSR count). The number of carbonyl (C=O) groups is 4. The zero-order valence-corrected chi connectivity index (χ0v) is 65.0. The van der Waals surface area contributed by atoms with Gasteiger partial charge in [-0.05, 0) is 167 Å². The monoisotopic (exact) mass is 1470 g/mol. The summed E-state index contributed by atoms with van der Waals surface area (Å²) in [4.78, 5) is 72.9. The minimum absolute atomic E-state index is 0.0604. The Balaban J connectivity index is 5.46. The summed E-state index contributed by atoms with van der Waals surface area (Å²) in [6, 6.07) is 0. The van der Waals surface area contributed by atoms with Gasteiger partial charge in [-0.25, -0.2) is 9.13 Å². The van der Waals surface area contributed by atoms with Crippen molar-refractivity contribution in [2.75, 3.05) is 39.6 Å². The van der Waals surface area contributed by atoms with Crippen molar-refractivity contribution in [3.63, 3.8) is 0 Å². The first-order valence-corrected chi connectivity index (χ1v) is 41.7. The van der Waals surface area contributed by atoms with Crippen LogP contribution in [0.3, 0.4) is 0 Å². The highest BCUT2D eigenvalue weighted by atomic mass is 31.2. The topological polar surface area (TPSA) is 237 Å². The predicted octanol–water partition coefficient (Wildman–Crippen LogP) is 22.4. The SMILES string of the molecule is CC/C=C\C/C=C\C/C=C\C/C=C\CCCCCCC(=O)OCC(COP(=O)(O)OCC(O)COP(=O)(O)OCC(COC(=O)CCCC/C=C\C/C=C\C/C=C\C/C=C\CC)OC(=O)CCCCCCC/C=C\C/C=C\C/C=C\CC)OC(=O)CCCCCCC/C=C\C/C=C\CCCCC. The molecule has 0 saturated heterocycles. The van der Waals surface area contributed by atoms with Crippen molar-refractivity contribution in [1.29, 1.82) is 0 Å². The summed E-state index contributed by atoms with van der Waals surface area (Å²) in [5, 5.41) is 10.6. The Bertz CT molecular complexity index is 2550. The van der Waals surface area contributed by atoms with Crippen LogP contribution in [0.1, 0.15) is 285 Å². The van der Waals surface area contributed by atoms with E-state index in [1.165, 1.54) is 19.3 Å². The molecule has 5 unspecified atom stereocenters. The average molecular weight is 1470 g/mol. The Morgan fingerprint density at radius 2 is 0.510 bits per heavy atom. The molecular formula is C83H136O17P2. The molecule has 0 aliphatic carbocycles. The van der Waals surface area contributed by atoms with Gasteiger partial charge in [0.2, 0.25) is 0 Å². The van der Waals surface area contributed by atoms with Crippen molar-refractivity contribution >= 4 is 39.5 Å². The molecule has 3 N–H and O–H groups in total. The number of aliphatic hydroxyl groups excluding tert-OH is 1. The summed E-state index contributed by atoms with van der Waals surface area (Å²) in [5.74, 6) is -2.29. The lowest BCUT2D eigenvalue weighted by molar-refractivity contribution is -0.161. The maximum absolute atomic E-state index is 13.1. The Hall–Kier alpha value is -5.32. The highest BCUT2D eigenvalue weighted by molar-refractivity contribution is 7.47. The summed E-state index contributed by atoms with van der Waals surface area (Å²) in [6.07, 6.45) is 85.1. The van der Waals surface area contributed by atoms with Crippen LogP contribution in [-0.4, -0.2) is 96.7 Å². The fourth-order valence-electron chi connectivity index (χ4n) is 9.66. The number of hydrogen-bond acceptors (Lipinski definition) is 15. The Labute approximate surface area is 617 Å². The zero-order valence-electron chi connectivity index (χ0n) is 63.2. The van der Waals surface area contributed by atoms with E-state index in [0.29, 0.717) is 25.7 Å². The van der Waals surface area contributed by atoms with Gasteiger partial charge in [-0.2, -0.15) is 0 Å². The van der Waals surface area contributed by atoms with E-state index in [9.17, 15) is 43.2 Å². The molecule has 580 valence electrons. The fraction of sp³-hybridized carbons (Fsp3) is 0.639. The van der Waals surface area contributed by atoms with E-state index in [2.05, 4.69) is 186 Å². The van der Waals surface area contributed by atoms with Crippen molar-refractivity contribution in [3.05, 3.63) is 158 Å². The highest BCUT2D eigenvalue weighted by Gasteiger charge is 2.30. The molecule has 5 atom stereocenters. The van der Waals surface area contributed by atoms with Gasteiger partial charge in [0.05, 0.1) is 26.4 Å². The number of rotatable bonds is 71. The molecule has 102 heavy (non-hydrogen) atoms. The number of unbranched alkanes of at least 4 members (excludes halogenated alkanes) is 19. The summed E-state index contributed by atoms with van der Waals surface area (Å²) >= 11 is 0. The van der Waals surface area contributed by atoms with Crippen LogP contribution >= 0.6 is 15.6 Å². The molecular weight excluding hydrogens is 1330 g/mol. The maximum Gasteiger partial charge on any atom is 0.472 e. The lowest BCUT2D eigenvalue weighted by Gasteiger charge is -2.21. The second kappa shape index (κ2) is 74.0. The molecule has 0 aromatic rings. The second-order valence-electron chi connectivity index (χ2n) is 25.1. The van der Waals surface area contributed by atoms with E-state index >= 15 is 0 Å². The van der Waals surface area contributed by atoms with Crippen LogP contribution in [0.4, 0.5) is 0 Å². The summed E-state index contributed by atoms with van der Waals surface area (Å²) in [5.41, 5.74) is 0. The van der Waals surface area contributed by atoms with Crippen LogP contribution in [0.5, 0.6) is 0 Å². The zero-order chi connectivity index (χ0) is 74.6. The third-order valence-corrected chi connectivity index (χ3v) is 17.4. The number of phosphoric acid groups is 2. The molecule has 0 saturated carbocycles. The van der Waals surface area contributed by atoms with Crippen molar-refractivity contribution in [3.8, 4) is 0 Å². The number of aliphatic hydroxyl groups is 1. The molecule has 0 aromatic heterocycles. The van der Waals surface area contributed by atoms with Crippen LogP contribution < -0.4 is 0 Å². The first kappa shape index (κ1) is 96.7. The fourth-order valence-corrected chi connectivity index (χ4v) is 11.2. The van der Waals surface area contributed by atoms with E-state index in [-0.39, 0.29) is 25.7 Å². The van der Waals surface area contributed by atoms with Gasteiger partial charge >= 0.3 is 39.5 Å². The number of allylic oxidation sites excluding steroid dienone is 26. The van der Waals surface area contributed by atoms with Crippen molar-refractivity contribution in [2.24, 2.45) is 0 Å². The van der Waals surface area contributed by atoms with Crippen LogP contribution in [0.25, 0.3) is 0 Å². The number of hydrogen-bond donors (Lipinski definition) is 3. The van der Waals surface area contributed by atoms with Gasteiger partial charge in [0.1, 0.15) is 19.3 Å². The van der Waals surface area contributed by atoms with Gasteiger partial charge in [-0.1, -0.05) is 250 Å². The summed E-state index contributed by atoms with van der Waals surface area (Å²) in [7, 11) is -9.99. The summed E-state index contributed by atoms with van der Waals surface area (Å²) < 4.78 is 68.5. The van der Waals surface area contributed by atoms with E-state index in [1.807, 2.05) is 0 Å². The van der Waals surface area contributed by atoms with Gasteiger partial charge in [-0.3, -0.25) is 37.3 Å². The molecule has 17 nitrogen and oxygen atoms in total. The molecule has 0 fully saturated rings. The Morgan fingerprint density at radius 3 is 0.804 bits per heavy atom. The number of ether oxygens (including phenoxy) is 4. The van der Waals surface area contributed by atoms with E-state index in [4.69, 9.17) is 37.0 Å². The van der Waals surface area contributed by atoms with Gasteiger partial charge in [-0.15, -0.1) is 0 Å².